The van der Waals surface area contributed by atoms with Crippen LogP contribution in [0.2, 0.25) is 0 Å². The number of rotatable bonds is 1. The molecule has 0 aromatic heterocycles. The second-order valence-corrected chi connectivity index (χ2v) is 3.80. The van der Waals surface area contributed by atoms with Gasteiger partial charge in [-0.25, -0.2) is 13.2 Å². The summed E-state index contributed by atoms with van der Waals surface area (Å²) in [5.74, 6) is -3.84. The van der Waals surface area contributed by atoms with Crippen molar-refractivity contribution in [2.45, 2.75) is 6.92 Å². The Bertz CT molecular complexity index is 579. The average Bonchev–Trinajstić information content (AvgIpc) is 2.28. The molecule has 2 aromatic carbocycles. The highest BCUT2D eigenvalue weighted by Gasteiger charge is 2.15. The summed E-state index contributed by atoms with van der Waals surface area (Å²) < 4.78 is 39.5. The monoisotopic (exact) mass is 237 g/mol. The molecule has 0 heterocycles. The van der Waals surface area contributed by atoms with Crippen molar-refractivity contribution in [1.29, 1.82) is 0 Å². The molecule has 0 radical (unpaired) electrons. The summed E-state index contributed by atoms with van der Waals surface area (Å²) >= 11 is 0. The predicted molar refractivity (Wildman–Crippen MR) is 60.9 cm³/mol. The molecule has 0 atom stereocenters. The van der Waals surface area contributed by atoms with Crippen molar-refractivity contribution in [3.8, 4) is 11.1 Å². The van der Waals surface area contributed by atoms with E-state index in [4.69, 9.17) is 5.73 Å². The van der Waals surface area contributed by atoms with Gasteiger partial charge in [0.25, 0.3) is 0 Å². The second-order valence-electron chi connectivity index (χ2n) is 3.80. The number of anilines is 1. The molecule has 0 bridgehead atoms. The van der Waals surface area contributed by atoms with E-state index in [1.165, 1.54) is 6.07 Å². The summed E-state index contributed by atoms with van der Waals surface area (Å²) in [6, 6.07) is 6.94. The Balaban J connectivity index is 2.65. The van der Waals surface area contributed by atoms with Crippen LogP contribution in [0.5, 0.6) is 0 Å². The lowest BCUT2D eigenvalue weighted by Gasteiger charge is -2.09. The zero-order chi connectivity index (χ0) is 12.6. The molecule has 0 aliphatic carbocycles. The van der Waals surface area contributed by atoms with E-state index >= 15 is 0 Å². The largest absolute Gasteiger partial charge is 0.399 e. The van der Waals surface area contributed by atoms with Crippen molar-refractivity contribution in [1.82, 2.24) is 0 Å². The molecular formula is C13H10F3N. The van der Waals surface area contributed by atoms with Crippen LogP contribution in [0.25, 0.3) is 11.1 Å². The van der Waals surface area contributed by atoms with Crippen molar-refractivity contribution in [3.05, 3.63) is 53.3 Å². The smallest absolute Gasteiger partial charge is 0.195 e. The zero-order valence-electron chi connectivity index (χ0n) is 9.10. The van der Waals surface area contributed by atoms with Crippen molar-refractivity contribution in [3.63, 3.8) is 0 Å². The lowest BCUT2D eigenvalue weighted by Crippen LogP contribution is -1.96. The van der Waals surface area contributed by atoms with Crippen LogP contribution in [0.1, 0.15) is 5.56 Å². The molecule has 2 N–H and O–H groups in total. The Hall–Kier alpha value is -1.97. The Morgan fingerprint density at radius 1 is 0.882 bits per heavy atom. The molecule has 0 saturated carbocycles. The quantitative estimate of drug-likeness (QED) is 0.594. The SMILES string of the molecule is Cc1cc(N)ccc1-c1ccc(F)c(F)c1F. The third-order valence-corrected chi connectivity index (χ3v) is 2.58. The first-order chi connectivity index (χ1) is 8.00. The van der Waals surface area contributed by atoms with E-state index in [0.29, 0.717) is 16.8 Å². The van der Waals surface area contributed by atoms with Gasteiger partial charge in [0.15, 0.2) is 17.5 Å². The molecule has 0 amide bonds. The Morgan fingerprint density at radius 3 is 2.18 bits per heavy atom. The van der Waals surface area contributed by atoms with Gasteiger partial charge in [-0.05, 0) is 42.3 Å². The van der Waals surface area contributed by atoms with E-state index in [1.54, 1.807) is 25.1 Å². The van der Waals surface area contributed by atoms with Crippen molar-refractivity contribution >= 4 is 5.69 Å². The van der Waals surface area contributed by atoms with Crippen LogP contribution >= 0.6 is 0 Å². The maximum Gasteiger partial charge on any atom is 0.195 e. The molecule has 0 aliphatic rings. The van der Waals surface area contributed by atoms with Gasteiger partial charge in [0.05, 0.1) is 0 Å². The highest BCUT2D eigenvalue weighted by atomic mass is 19.2. The lowest BCUT2D eigenvalue weighted by molar-refractivity contribution is 0.449. The van der Waals surface area contributed by atoms with Crippen molar-refractivity contribution in [2.24, 2.45) is 0 Å². The molecule has 0 saturated heterocycles. The minimum atomic E-state index is -1.46. The molecule has 17 heavy (non-hydrogen) atoms. The third-order valence-electron chi connectivity index (χ3n) is 2.58. The normalized spacial score (nSPS) is 10.6. The number of halogens is 3. The molecule has 2 rings (SSSR count). The second kappa shape index (κ2) is 4.13. The van der Waals surface area contributed by atoms with Crippen molar-refractivity contribution < 1.29 is 13.2 Å². The van der Waals surface area contributed by atoms with Gasteiger partial charge in [0.2, 0.25) is 0 Å². The summed E-state index contributed by atoms with van der Waals surface area (Å²) in [5, 5.41) is 0. The molecule has 88 valence electrons. The van der Waals surface area contributed by atoms with Gasteiger partial charge >= 0.3 is 0 Å². The first kappa shape index (κ1) is 11.5. The molecule has 0 spiro atoms. The minimum Gasteiger partial charge on any atom is -0.399 e. The minimum absolute atomic E-state index is 0.0291. The van der Waals surface area contributed by atoms with Crippen molar-refractivity contribution in [2.75, 3.05) is 5.73 Å². The maximum absolute atomic E-state index is 13.6. The number of nitrogens with two attached hydrogens (primary N) is 1. The summed E-state index contributed by atoms with van der Waals surface area (Å²) in [5.41, 5.74) is 7.33. The molecule has 0 aliphatic heterocycles. The molecular weight excluding hydrogens is 227 g/mol. The van der Waals surface area contributed by atoms with E-state index < -0.39 is 17.5 Å². The van der Waals surface area contributed by atoms with Crippen LogP contribution in [-0.4, -0.2) is 0 Å². The Labute approximate surface area is 96.7 Å². The summed E-state index contributed by atoms with van der Waals surface area (Å²) in [6.07, 6.45) is 0. The standard InChI is InChI=1S/C13H10F3N/c1-7-6-8(17)2-3-9(7)10-4-5-11(14)13(16)12(10)15/h2-6H,17H2,1H3. The topological polar surface area (TPSA) is 26.0 Å². The van der Waals surface area contributed by atoms with E-state index in [1.807, 2.05) is 0 Å². The predicted octanol–water partition coefficient (Wildman–Crippen LogP) is 3.66. The van der Waals surface area contributed by atoms with Gasteiger partial charge in [-0.1, -0.05) is 6.07 Å². The summed E-state index contributed by atoms with van der Waals surface area (Å²) in [4.78, 5) is 0. The zero-order valence-corrected chi connectivity index (χ0v) is 9.10. The van der Waals surface area contributed by atoms with Gasteiger partial charge in [-0.15, -0.1) is 0 Å². The Kier molecular flexibility index (Phi) is 2.79. The first-order valence-corrected chi connectivity index (χ1v) is 5.00. The molecule has 4 heteroatoms. The number of hydrogen-bond acceptors (Lipinski definition) is 1. The first-order valence-electron chi connectivity index (χ1n) is 5.00. The summed E-state index contributed by atoms with van der Waals surface area (Å²) in [7, 11) is 0. The van der Waals surface area contributed by atoms with E-state index in [0.717, 1.165) is 6.07 Å². The van der Waals surface area contributed by atoms with Crippen LogP contribution in [0.4, 0.5) is 18.9 Å². The van der Waals surface area contributed by atoms with Crippen LogP contribution < -0.4 is 5.73 Å². The van der Waals surface area contributed by atoms with E-state index in [9.17, 15) is 13.2 Å². The summed E-state index contributed by atoms with van der Waals surface area (Å²) in [6.45, 7) is 1.73. The average molecular weight is 237 g/mol. The molecule has 0 fully saturated rings. The highest BCUT2D eigenvalue weighted by molar-refractivity contribution is 5.70. The third kappa shape index (κ3) is 1.98. The Morgan fingerprint density at radius 2 is 1.53 bits per heavy atom. The number of nitrogen functional groups attached to an aromatic ring is 1. The fourth-order valence-corrected chi connectivity index (χ4v) is 1.72. The van der Waals surface area contributed by atoms with Crippen LogP contribution in [-0.2, 0) is 0 Å². The van der Waals surface area contributed by atoms with Crippen LogP contribution in [0.15, 0.2) is 30.3 Å². The number of hydrogen-bond donors (Lipinski definition) is 1. The highest BCUT2D eigenvalue weighted by Crippen LogP contribution is 2.29. The number of benzene rings is 2. The van der Waals surface area contributed by atoms with Crippen LogP contribution in [0, 0.1) is 24.4 Å². The maximum atomic E-state index is 13.6. The van der Waals surface area contributed by atoms with Gasteiger partial charge in [0, 0.05) is 11.3 Å². The fourth-order valence-electron chi connectivity index (χ4n) is 1.72. The van der Waals surface area contributed by atoms with Gasteiger partial charge in [0.1, 0.15) is 0 Å². The van der Waals surface area contributed by atoms with Gasteiger partial charge < -0.3 is 5.73 Å². The van der Waals surface area contributed by atoms with E-state index in [-0.39, 0.29) is 5.56 Å². The molecule has 2 aromatic rings. The molecule has 0 unspecified atom stereocenters. The van der Waals surface area contributed by atoms with E-state index in [2.05, 4.69) is 0 Å². The van der Waals surface area contributed by atoms with Crippen LogP contribution in [0.3, 0.4) is 0 Å². The fraction of sp³-hybridized carbons (Fsp3) is 0.0769. The van der Waals surface area contributed by atoms with Gasteiger partial charge in [-0.2, -0.15) is 0 Å². The van der Waals surface area contributed by atoms with Gasteiger partial charge in [-0.3, -0.25) is 0 Å². The molecule has 1 nitrogen and oxygen atoms in total. The lowest BCUT2D eigenvalue weighted by atomic mass is 9.99. The number of aryl methyl sites for hydroxylation is 1.